The van der Waals surface area contributed by atoms with Crippen molar-refractivity contribution in [1.82, 2.24) is 9.78 Å². The molecule has 1 unspecified atom stereocenters. The Labute approximate surface area is 88.5 Å². The zero-order valence-corrected chi connectivity index (χ0v) is 9.92. The second-order valence-corrected chi connectivity index (χ2v) is 4.15. The number of rotatable bonds is 5. The summed E-state index contributed by atoms with van der Waals surface area (Å²) in [5.41, 5.74) is 1.36. The van der Waals surface area contributed by atoms with E-state index < -0.39 is 0 Å². The van der Waals surface area contributed by atoms with Gasteiger partial charge in [0.2, 0.25) is 0 Å². The molecule has 74 valence electrons. The first-order valence-corrected chi connectivity index (χ1v) is 5.95. The van der Waals surface area contributed by atoms with E-state index in [0.717, 1.165) is 24.2 Å². The van der Waals surface area contributed by atoms with Gasteiger partial charge in [0.15, 0.2) is 0 Å². The smallest absolute Gasteiger partial charge is 0.0521 e. The molecule has 3 heteroatoms. The Morgan fingerprint density at radius 2 is 2.38 bits per heavy atom. The van der Waals surface area contributed by atoms with Crippen LogP contribution in [0, 0.1) is 5.92 Å². The van der Waals surface area contributed by atoms with Gasteiger partial charge < -0.3 is 0 Å². The van der Waals surface area contributed by atoms with Crippen LogP contribution in [0.1, 0.15) is 25.8 Å². The summed E-state index contributed by atoms with van der Waals surface area (Å²) in [5, 5.41) is 5.34. The number of hydrogen-bond acceptors (Lipinski definition) is 1. The van der Waals surface area contributed by atoms with Crippen LogP contribution in [0.15, 0.2) is 12.4 Å². The highest BCUT2D eigenvalue weighted by atomic mass is 79.9. The molecule has 0 spiro atoms. The van der Waals surface area contributed by atoms with Gasteiger partial charge in [-0.2, -0.15) is 5.10 Å². The Balaban J connectivity index is 2.36. The molecule has 1 rings (SSSR count). The molecule has 13 heavy (non-hydrogen) atoms. The third-order valence-electron chi connectivity index (χ3n) is 2.20. The number of nitrogens with zero attached hydrogens (tertiary/aromatic N) is 2. The van der Waals surface area contributed by atoms with Gasteiger partial charge in [0.1, 0.15) is 0 Å². The van der Waals surface area contributed by atoms with Crippen LogP contribution in [0.4, 0.5) is 0 Å². The fraction of sp³-hybridized carbons (Fsp3) is 0.700. The van der Waals surface area contributed by atoms with Gasteiger partial charge in [-0.3, -0.25) is 4.68 Å². The SMILES string of the molecule is CCn1cc(CCC(C)CBr)cn1. The zero-order valence-electron chi connectivity index (χ0n) is 8.33. The fourth-order valence-electron chi connectivity index (χ4n) is 1.20. The van der Waals surface area contributed by atoms with Crippen molar-refractivity contribution in [3.63, 3.8) is 0 Å². The molecule has 0 aliphatic carbocycles. The average Bonchev–Trinajstić information content (AvgIpc) is 2.61. The molecule has 0 bridgehead atoms. The number of aryl methyl sites for hydroxylation is 2. The highest BCUT2D eigenvalue weighted by Crippen LogP contribution is 2.10. The van der Waals surface area contributed by atoms with Gasteiger partial charge in [0, 0.05) is 18.1 Å². The molecule has 1 heterocycles. The lowest BCUT2D eigenvalue weighted by atomic mass is 10.1. The maximum absolute atomic E-state index is 4.24. The van der Waals surface area contributed by atoms with Crippen molar-refractivity contribution in [3.8, 4) is 0 Å². The summed E-state index contributed by atoms with van der Waals surface area (Å²) in [5.74, 6) is 0.755. The van der Waals surface area contributed by atoms with Gasteiger partial charge >= 0.3 is 0 Å². The van der Waals surface area contributed by atoms with E-state index in [1.165, 1.54) is 12.0 Å². The Bertz CT molecular complexity index is 245. The van der Waals surface area contributed by atoms with Crippen LogP contribution in [-0.4, -0.2) is 15.1 Å². The van der Waals surface area contributed by atoms with Gasteiger partial charge in [-0.25, -0.2) is 0 Å². The molecule has 0 aliphatic heterocycles. The van der Waals surface area contributed by atoms with Crippen molar-refractivity contribution in [2.75, 3.05) is 5.33 Å². The van der Waals surface area contributed by atoms with Crippen molar-refractivity contribution < 1.29 is 0 Å². The molecule has 1 aromatic heterocycles. The predicted octanol–water partition coefficient (Wildman–Crippen LogP) is 2.87. The monoisotopic (exact) mass is 244 g/mol. The molecule has 0 saturated heterocycles. The van der Waals surface area contributed by atoms with Crippen LogP contribution in [0.25, 0.3) is 0 Å². The van der Waals surface area contributed by atoms with E-state index in [1.807, 2.05) is 10.9 Å². The van der Waals surface area contributed by atoms with Gasteiger partial charge in [-0.05, 0) is 31.2 Å². The van der Waals surface area contributed by atoms with E-state index in [-0.39, 0.29) is 0 Å². The number of halogens is 1. The van der Waals surface area contributed by atoms with Gasteiger partial charge in [-0.1, -0.05) is 22.9 Å². The average molecular weight is 245 g/mol. The van der Waals surface area contributed by atoms with Crippen molar-refractivity contribution in [3.05, 3.63) is 18.0 Å². The van der Waals surface area contributed by atoms with Gasteiger partial charge in [0.25, 0.3) is 0 Å². The second kappa shape index (κ2) is 5.43. The molecule has 0 N–H and O–H groups in total. The molecular weight excluding hydrogens is 228 g/mol. The first-order chi connectivity index (χ1) is 6.26. The maximum Gasteiger partial charge on any atom is 0.0521 e. The van der Waals surface area contributed by atoms with E-state index in [1.54, 1.807) is 0 Å². The molecule has 0 amide bonds. The maximum atomic E-state index is 4.24. The van der Waals surface area contributed by atoms with E-state index in [0.29, 0.717) is 0 Å². The Morgan fingerprint density at radius 1 is 1.62 bits per heavy atom. The quantitative estimate of drug-likeness (QED) is 0.729. The zero-order chi connectivity index (χ0) is 9.68. The molecule has 0 aromatic carbocycles. The van der Waals surface area contributed by atoms with E-state index in [2.05, 4.69) is 41.1 Å². The van der Waals surface area contributed by atoms with Crippen molar-refractivity contribution >= 4 is 15.9 Å². The minimum atomic E-state index is 0.755. The van der Waals surface area contributed by atoms with Gasteiger partial charge in [-0.15, -0.1) is 0 Å². The molecule has 1 atom stereocenters. The second-order valence-electron chi connectivity index (χ2n) is 3.50. The largest absolute Gasteiger partial charge is 0.273 e. The summed E-state index contributed by atoms with van der Waals surface area (Å²) >= 11 is 3.49. The predicted molar refractivity (Wildman–Crippen MR) is 59.2 cm³/mol. The summed E-state index contributed by atoms with van der Waals surface area (Å²) in [4.78, 5) is 0. The summed E-state index contributed by atoms with van der Waals surface area (Å²) in [6.07, 6.45) is 6.50. The third-order valence-corrected chi connectivity index (χ3v) is 3.31. The Morgan fingerprint density at radius 3 is 2.92 bits per heavy atom. The lowest BCUT2D eigenvalue weighted by Gasteiger charge is -2.04. The first kappa shape index (κ1) is 10.8. The highest BCUT2D eigenvalue weighted by Gasteiger charge is 2.02. The van der Waals surface area contributed by atoms with Crippen LogP contribution in [0.2, 0.25) is 0 Å². The van der Waals surface area contributed by atoms with Crippen LogP contribution in [-0.2, 0) is 13.0 Å². The standard InChI is InChI=1S/C10H17BrN2/c1-3-13-8-10(7-12-13)5-4-9(2)6-11/h7-9H,3-6H2,1-2H3. The lowest BCUT2D eigenvalue weighted by Crippen LogP contribution is -1.97. The lowest BCUT2D eigenvalue weighted by molar-refractivity contribution is 0.598. The molecule has 0 saturated carbocycles. The number of alkyl halides is 1. The first-order valence-electron chi connectivity index (χ1n) is 4.83. The topological polar surface area (TPSA) is 17.8 Å². The fourth-order valence-corrected chi connectivity index (χ4v) is 1.52. The molecule has 0 fully saturated rings. The Kier molecular flexibility index (Phi) is 4.50. The molecule has 1 aromatic rings. The molecular formula is C10H17BrN2. The van der Waals surface area contributed by atoms with Crippen LogP contribution >= 0.6 is 15.9 Å². The normalized spacial score (nSPS) is 13.2. The highest BCUT2D eigenvalue weighted by molar-refractivity contribution is 9.09. The van der Waals surface area contributed by atoms with Crippen molar-refractivity contribution in [2.24, 2.45) is 5.92 Å². The Hall–Kier alpha value is -0.310. The van der Waals surface area contributed by atoms with Crippen LogP contribution in [0.5, 0.6) is 0 Å². The van der Waals surface area contributed by atoms with Gasteiger partial charge in [0.05, 0.1) is 6.20 Å². The summed E-state index contributed by atoms with van der Waals surface area (Å²) in [7, 11) is 0. The van der Waals surface area contributed by atoms with E-state index in [4.69, 9.17) is 0 Å². The summed E-state index contributed by atoms with van der Waals surface area (Å²) in [6.45, 7) is 5.34. The molecule has 0 radical (unpaired) electrons. The molecule has 0 aliphatic rings. The van der Waals surface area contributed by atoms with Crippen molar-refractivity contribution in [2.45, 2.75) is 33.2 Å². The molecule has 2 nitrogen and oxygen atoms in total. The number of aromatic nitrogens is 2. The van der Waals surface area contributed by atoms with E-state index in [9.17, 15) is 0 Å². The van der Waals surface area contributed by atoms with Crippen LogP contribution < -0.4 is 0 Å². The minimum Gasteiger partial charge on any atom is -0.273 e. The minimum absolute atomic E-state index is 0.755. The third kappa shape index (κ3) is 3.51. The summed E-state index contributed by atoms with van der Waals surface area (Å²) in [6, 6.07) is 0. The van der Waals surface area contributed by atoms with Crippen LogP contribution in [0.3, 0.4) is 0 Å². The number of hydrogen-bond donors (Lipinski definition) is 0. The summed E-state index contributed by atoms with van der Waals surface area (Å²) < 4.78 is 1.98. The van der Waals surface area contributed by atoms with Crippen molar-refractivity contribution in [1.29, 1.82) is 0 Å². The van der Waals surface area contributed by atoms with E-state index >= 15 is 0 Å².